The summed E-state index contributed by atoms with van der Waals surface area (Å²) in [4.78, 5) is 18.5. The molecule has 0 bridgehead atoms. The zero-order valence-electron chi connectivity index (χ0n) is 23.2. The summed E-state index contributed by atoms with van der Waals surface area (Å²) in [5, 5.41) is 18.9. The molecule has 0 atom stereocenters. The molecule has 39 heavy (non-hydrogen) atoms. The number of pyridine rings is 1. The molecule has 4 heterocycles. The van der Waals surface area contributed by atoms with Crippen LogP contribution in [0.4, 0.5) is 0 Å². The van der Waals surface area contributed by atoms with Crippen molar-refractivity contribution in [2.45, 2.75) is 72.4 Å². The van der Waals surface area contributed by atoms with Crippen LogP contribution in [0.15, 0.2) is 59.9 Å². The van der Waals surface area contributed by atoms with E-state index in [-0.39, 0.29) is 17.6 Å². The highest BCUT2D eigenvalue weighted by Gasteiger charge is 2.22. The highest BCUT2D eigenvalue weighted by atomic mass is 16.1. The summed E-state index contributed by atoms with van der Waals surface area (Å²) in [6, 6.07) is 10.1. The molecule has 4 aromatic heterocycles. The lowest BCUT2D eigenvalue weighted by Gasteiger charge is -2.14. The fraction of sp³-hybridized carbons (Fsp3) is 0.379. The lowest BCUT2D eigenvalue weighted by Crippen LogP contribution is -2.27. The van der Waals surface area contributed by atoms with Crippen LogP contribution in [0.5, 0.6) is 0 Å². The molecule has 5 rings (SSSR count). The maximum Gasteiger partial charge on any atom is 0.334 e. The fourth-order valence-corrected chi connectivity index (χ4v) is 4.90. The number of aryl methyl sites for hydroxylation is 1. The van der Waals surface area contributed by atoms with Gasteiger partial charge in [0.25, 0.3) is 0 Å². The molecule has 0 aliphatic heterocycles. The Morgan fingerprint density at radius 1 is 1.00 bits per heavy atom. The Hall–Kier alpha value is -4.34. The van der Waals surface area contributed by atoms with Crippen molar-refractivity contribution in [1.29, 1.82) is 0 Å². The predicted molar refractivity (Wildman–Crippen MR) is 151 cm³/mol. The molecule has 0 unspecified atom stereocenters. The van der Waals surface area contributed by atoms with E-state index < -0.39 is 0 Å². The molecule has 1 N–H and O–H groups in total. The first-order chi connectivity index (χ1) is 18.9. The van der Waals surface area contributed by atoms with E-state index >= 15 is 0 Å². The van der Waals surface area contributed by atoms with Crippen molar-refractivity contribution in [1.82, 2.24) is 44.5 Å². The molecular formula is C29H35N9O. The molecule has 0 saturated carbocycles. The van der Waals surface area contributed by atoms with Gasteiger partial charge in [-0.25, -0.2) is 9.48 Å². The number of aromatic amines is 1. The van der Waals surface area contributed by atoms with Crippen LogP contribution >= 0.6 is 0 Å². The second-order valence-corrected chi connectivity index (χ2v) is 10.4. The van der Waals surface area contributed by atoms with E-state index in [0.29, 0.717) is 12.4 Å². The quantitative estimate of drug-likeness (QED) is 0.269. The van der Waals surface area contributed by atoms with Gasteiger partial charge >= 0.3 is 5.69 Å². The zero-order chi connectivity index (χ0) is 27.5. The van der Waals surface area contributed by atoms with Gasteiger partial charge in [0, 0.05) is 41.5 Å². The van der Waals surface area contributed by atoms with Crippen molar-refractivity contribution >= 4 is 0 Å². The second-order valence-electron chi connectivity index (χ2n) is 10.4. The van der Waals surface area contributed by atoms with Gasteiger partial charge < -0.3 is 0 Å². The molecule has 0 saturated heterocycles. The SMILES string of the molecule is CCCCc1cn(-c2c(C(C)C)cnn2C(C)C)c(=O)n1Cc1cnccc1-c1ccc(-c2nn[nH]n2)cc1. The minimum absolute atomic E-state index is 0.0624. The number of benzene rings is 1. The Morgan fingerprint density at radius 3 is 2.44 bits per heavy atom. The van der Waals surface area contributed by atoms with Crippen molar-refractivity contribution in [2.24, 2.45) is 0 Å². The number of nitrogens with zero attached hydrogens (tertiary/aromatic N) is 8. The van der Waals surface area contributed by atoms with Crippen LogP contribution in [0.25, 0.3) is 28.3 Å². The van der Waals surface area contributed by atoms with E-state index in [1.54, 1.807) is 10.8 Å². The van der Waals surface area contributed by atoms with E-state index in [1.165, 1.54) is 0 Å². The summed E-state index contributed by atoms with van der Waals surface area (Å²) in [5.74, 6) is 1.64. The topological polar surface area (TPSA) is 112 Å². The first kappa shape index (κ1) is 26.3. The van der Waals surface area contributed by atoms with Crippen LogP contribution in [0, 0.1) is 0 Å². The van der Waals surface area contributed by atoms with E-state index in [9.17, 15) is 4.79 Å². The van der Waals surface area contributed by atoms with Gasteiger partial charge in [-0.05, 0) is 60.6 Å². The van der Waals surface area contributed by atoms with Crippen LogP contribution < -0.4 is 5.69 Å². The van der Waals surface area contributed by atoms with Crippen LogP contribution in [0.1, 0.15) is 76.2 Å². The minimum atomic E-state index is -0.0624. The zero-order valence-corrected chi connectivity index (χ0v) is 23.2. The van der Waals surface area contributed by atoms with Crippen molar-refractivity contribution in [3.63, 3.8) is 0 Å². The number of imidazole rings is 1. The summed E-state index contributed by atoms with van der Waals surface area (Å²) < 4.78 is 5.64. The molecule has 10 nitrogen and oxygen atoms in total. The number of nitrogens with one attached hydrogen (secondary N) is 1. The molecule has 0 fully saturated rings. The van der Waals surface area contributed by atoms with Gasteiger partial charge in [-0.3, -0.25) is 14.1 Å². The number of tetrazole rings is 1. The molecule has 1 aromatic carbocycles. The molecule has 202 valence electrons. The Labute approximate surface area is 227 Å². The first-order valence-electron chi connectivity index (χ1n) is 13.5. The summed E-state index contributed by atoms with van der Waals surface area (Å²) in [7, 11) is 0. The smallest absolute Gasteiger partial charge is 0.291 e. The normalized spacial score (nSPS) is 11.7. The van der Waals surface area contributed by atoms with Gasteiger partial charge in [0.2, 0.25) is 5.82 Å². The van der Waals surface area contributed by atoms with Gasteiger partial charge in [0.1, 0.15) is 5.82 Å². The molecule has 10 heteroatoms. The number of rotatable bonds is 10. The van der Waals surface area contributed by atoms with E-state index in [0.717, 1.165) is 58.6 Å². The van der Waals surface area contributed by atoms with Crippen LogP contribution in [-0.4, -0.2) is 44.5 Å². The first-order valence-corrected chi connectivity index (χ1v) is 13.5. The Morgan fingerprint density at radius 2 is 1.77 bits per heavy atom. The third-order valence-electron chi connectivity index (χ3n) is 7.02. The standard InChI is InChI=1S/C29H35N9O/c1-6-7-8-24-18-37(28-26(19(2)3)16-31-38(28)20(4)5)29(39)36(24)17-23-15-30-14-13-25(23)21-9-11-22(12-10-21)27-32-34-35-33-27/h9-16,18-20H,6-8,17H2,1-5H3,(H,32,33,34,35). The Bertz CT molecular complexity index is 1560. The number of unbranched alkanes of at least 4 members (excludes halogenated alkanes) is 1. The average Bonchev–Trinajstić information content (AvgIpc) is 3.68. The number of H-pyrrole nitrogens is 1. The molecular weight excluding hydrogens is 490 g/mol. The summed E-state index contributed by atoms with van der Waals surface area (Å²) >= 11 is 0. The van der Waals surface area contributed by atoms with E-state index in [2.05, 4.69) is 65.3 Å². The van der Waals surface area contributed by atoms with Crippen molar-refractivity contribution in [3.8, 4) is 28.3 Å². The maximum atomic E-state index is 14.1. The third-order valence-corrected chi connectivity index (χ3v) is 7.02. The van der Waals surface area contributed by atoms with Gasteiger partial charge in [-0.1, -0.05) is 51.5 Å². The molecule has 0 amide bonds. The number of hydrogen-bond donors (Lipinski definition) is 1. The van der Waals surface area contributed by atoms with Crippen molar-refractivity contribution in [2.75, 3.05) is 0 Å². The number of aromatic nitrogens is 9. The number of hydrogen-bond acceptors (Lipinski definition) is 6. The van der Waals surface area contributed by atoms with Gasteiger partial charge in [-0.15, -0.1) is 10.2 Å². The van der Waals surface area contributed by atoms with Crippen molar-refractivity contribution < 1.29 is 0 Å². The van der Waals surface area contributed by atoms with Crippen LogP contribution in [0.3, 0.4) is 0 Å². The lowest BCUT2D eigenvalue weighted by atomic mass is 10.00. The highest BCUT2D eigenvalue weighted by molar-refractivity contribution is 5.70. The molecule has 5 aromatic rings. The van der Waals surface area contributed by atoms with E-state index in [4.69, 9.17) is 0 Å². The average molecular weight is 526 g/mol. The lowest BCUT2D eigenvalue weighted by molar-refractivity contribution is 0.517. The monoisotopic (exact) mass is 525 g/mol. The minimum Gasteiger partial charge on any atom is -0.291 e. The van der Waals surface area contributed by atoms with Crippen LogP contribution in [0.2, 0.25) is 0 Å². The molecule has 0 aliphatic rings. The highest BCUT2D eigenvalue weighted by Crippen LogP contribution is 2.28. The Balaban J connectivity index is 1.57. The molecule has 0 radical (unpaired) electrons. The summed E-state index contributed by atoms with van der Waals surface area (Å²) in [6.07, 6.45) is 10.4. The molecule has 0 aliphatic carbocycles. The largest absolute Gasteiger partial charge is 0.334 e. The van der Waals surface area contributed by atoms with E-state index in [1.807, 2.05) is 58.2 Å². The molecule has 0 spiro atoms. The van der Waals surface area contributed by atoms with Crippen molar-refractivity contribution in [3.05, 3.63) is 82.4 Å². The Kier molecular flexibility index (Phi) is 7.53. The van der Waals surface area contributed by atoms with Crippen LogP contribution in [-0.2, 0) is 13.0 Å². The predicted octanol–water partition coefficient (Wildman–Crippen LogP) is 5.17. The van der Waals surface area contributed by atoms with Gasteiger partial charge in [0.05, 0.1) is 12.7 Å². The maximum absolute atomic E-state index is 14.1. The second kappa shape index (κ2) is 11.2. The van der Waals surface area contributed by atoms with Gasteiger partial charge in [0.15, 0.2) is 0 Å². The fourth-order valence-electron chi connectivity index (χ4n) is 4.90. The summed E-state index contributed by atoms with van der Waals surface area (Å²) in [6.45, 7) is 11.0. The third kappa shape index (κ3) is 5.19. The summed E-state index contributed by atoms with van der Waals surface area (Å²) in [5.41, 5.74) is 5.92. The van der Waals surface area contributed by atoms with Gasteiger partial charge in [-0.2, -0.15) is 10.3 Å².